The van der Waals surface area contributed by atoms with Gasteiger partial charge in [0.25, 0.3) is 0 Å². The fourth-order valence-electron chi connectivity index (χ4n) is 1.43. The van der Waals surface area contributed by atoms with E-state index in [0.717, 1.165) is 24.3 Å². The molecule has 1 aromatic rings. The average Bonchev–Trinajstić information content (AvgIpc) is 2.02. The molecule has 0 aliphatic carbocycles. The Labute approximate surface area is 76.9 Å². The van der Waals surface area contributed by atoms with Gasteiger partial charge >= 0.3 is 0 Å². The molecule has 4 nitrogen and oxygen atoms in total. The van der Waals surface area contributed by atoms with E-state index >= 15 is 0 Å². The summed E-state index contributed by atoms with van der Waals surface area (Å²) in [4.78, 5) is 6.17. The maximum absolute atomic E-state index is 7.38. The summed E-state index contributed by atoms with van der Waals surface area (Å²) in [5.41, 5.74) is 7.22. The minimum Gasteiger partial charge on any atom is -0.384 e. The summed E-state index contributed by atoms with van der Waals surface area (Å²) >= 11 is 0. The van der Waals surface area contributed by atoms with Crippen LogP contribution in [-0.2, 0) is 0 Å². The van der Waals surface area contributed by atoms with Gasteiger partial charge in [-0.1, -0.05) is 0 Å². The summed E-state index contributed by atoms with van der Waals surface area (Å²) in [5.74, 6) is 0.0926. The monoisotopic (exact) mass is 176 g/mol. The van der Waals surface area contributed by atoms with Crippen LogP contribution in [0.3, 0.4) is 0 Å². The number of nitrogens with one attached hydrogen (secondary N) is 1. The molecule has 0 bridgehead atoms. The normalized spacial score (nSPS) is 15.2. The third-order valence-electron chi connectivity index (χ3n) is 2.28. The van der Waals surface area contributed by atoms with Crippen LogP contribution in [0.5, 0.6) is 0 Å². The molecule has 0 amide bonds. The topological polar surface area (TPSA) is 66.0 Å². The first-order valence-corrected chi connectivity index (χ1v) is 4.32. The number of amidine groups is 1. The van der Waals surface area contributed by atoms with Crippen molar-refractivity contribution in [2.24, 2.45) is 5.73 Å². The number of rotatable bonds is 2. The van der Waals surface area contributed by atoms with Crippen LogP contribution < -0.4 is 10.6 Å². The molecule has 3 N–H and O–H groups in total. The lowest BCUT2D eigenvalue weighted by molar-refractivity contribution is 0.617. The van der Waals surface area contributed by atoms with Crippen LogP contribution in [0.2, 0.25) is 0 Å². The standard InChI is InChI=1S/C9H12N4/c10-9(11)7-6-12-3-2-8(7)13-4-1-5-13/h2-3,6H,1,4-5H2,(H3,10,11). The van der Waals surface area contributed by atoms with E-state index in [0.29, 0.717) is 0 Å². The Kier molecular flexibility index (Phi) is 1.88. The second-order valence-corrected chi connectivity index (χ2v) is 3.15. The molecule has 0 aromatic carbocycles. The van der Waals surface area contributed by atoms with Crippen molar-refractivity contribution in [1.29, 1.82) is 5.41 Å². The molecule has 2 rings (SSSR count). The molecule has 1 aliphatic rings. The lowest BCUT2D eigenvalue weighted by Crippen LogP contribution is -2.38. The van der Waals surface area contributed by atoms with Crippen molar-refractivity contribution < 1.29 is 0 Å². The summed E-state index contributed by atoms with van der Waals surface area (Å²) in [6.07, 6.45) is 4.61. The van der Waals surface area contributed by atoms with Gasteiger partial charge in [-0.2, -0.15) is 0 Å². The van der Waals surface area contributed by atoms with Gasteiger partial charge in [0, 0.05) is 25.5 Å². The minimum atomic E-state index is 0.0926. The first-order chi connectivity index (χ1) is 6.29. The zero-order valence-electron chi connectivity index (χ0n) is 7.33. The van der Waals surface area contributed by atoms with E-state index in [1.165, 1.54) is 6.42 Å². The van der Waals surface area contributed by atoms with Crippen molar-refractivity contribution in [1.82, 2.24) is 4.98 Å². The van der Waals surface area contributed by atoms with Crippen molar-refractivity contribution >= 4 is 11.5 Å². The number of nitrogen functional groups attached to an aromatic ring is 1. The van der Waals surface area contributed by atoms with Crippen LogP contribution in [0.1, 0.15) is 12.0 Å². The highest BCUT2D eigenvalue weighted by Crippen LogP contribution is 2.23. The van der Waals surface area contributed by atoms with E-state index in [4.69, 9.17) is 11.1 Å². The first-order valence-electron chi connectivity index (χ1n) is 4.32. The highest BCUT2D eigenvalue weighted by atomic mass is 15.2. The summed E-state index contributed by atoms with van der Waals surface area (Å²) in [5, 5.41) is 7.38. The highest BCUT2D eigenvalue weighted by molar-refractivity contribution is 6.00. The zero-order chi connectivity index (χ0) is 9.26. The number of aromatic nitrogens is 1. The molecule has 4 heteroatoms. The van der Waals surface area contributed by atoms with Gasteiger partial charge in [0.1, 0.15) is 5.84 Å². The van der Waals surface area contributed by atoms with Gasteiger partial charge in [0.05, 0.1) is 11.3 Å². The van der Waals surface area contributed by atoms with Crippen molar-refractivity contribution in [3.8, 4) is 0 Å². The fraction of sp³-hybridized carbons (Fsp3) is 0.333. The van der Waals surface area contributed by atoms with Crippen molar-refractivity contribution in [3.05, 3.63) is 24.0 Å². The first kappa shape index (κ1) is 8.04. The molecular weight excluding hydrogens is 164 g/mol. The molecule has 0 unspecified atom stereocenters. The fourth-order valence-corrected chi connectivity index (χ4v) is 1.43. The molecule has 68 valence electrons. The molecular formula is C9H12N4. The smallest absolute Gasteiger partial charge is 0.126 e. The maximum Gasteiger partial charge on any atom is 0.126 e. The van der Waals surface area contributed by atoms with E-state index < -0.39 is 0 Å². The molecule has 1 aromatic heterocycles. The molecule has 13 heavy (non-hydrogen) atoms. The van der Waals surface area contributed by atoms with Gasteiger partial charge in [-0.15, -0.1) is 0 Å². The van der Waals surface area contributed by atoms with Crippen LogP contribution in [0.15, 0.2) is 18.5 Å². The summed E-state index contributed by atoms with van der Waals surface area (Å²) in [6.45, 7) is 2.12. The van der Waals surface area contributed by atoms with E-state index in [1.54, 1.807) is 12.4 Å². The van der Waals surface area contributed by atoms with Gasteiger partial charge in [0.15, 0.2) is 0 Å². The van der Waals surface area contributed by atoms with Gasteiger partial charge in [-0.25, -0.2) is 0 Å². The Balaban J connectivity index is 2.36. The van der Waals surface area contributed by atoms with E-state index in [-0.39, 0.29) is 5.84 Å². The molecule has 0 spiro atoms. The molecule has 1 aliphatic heterocycles. The molecule has 0 atom stereocenters. The number of nitrogens with two attached hydrogens (primary N) is 1. The molecule has 0 radical (unpaired) electrons. The third kappa shape index (κ3) is 1.35. The number of hydrogen-bond acceptors (Lipinski definition) is 3. The maximum atomic E-state index is 7.38. The van der Waals surface area contributed by atoms with Crippen molar-refractivity contribution in [2.45, 2.75) is 6.42 Å². The van der Waals surface area contributed by atoms with Crippen LogP contribution in [0, 0.1) is 5.41 Å². The Morgan fingerprint density at radius 3 is 2.85 bits per heavy atom. The van der Waals surface area contributed by atoms with Crippen LogP contribution >= 0.6 is 0 Å². The summed E-state index contributed by atoms with van der Waals surface area (Å²) in [6, 6.07) is 1.91. The van der Waals surface area contributed by atoms with Gasteiger partial charge < -0.3 is 10.6 Å². The number of anilines is 1. The van der Waals surface area contributed by atoms with E-state index in [9.17, 15) is 0 Å². The SMILES string of the molecule is N=C(N)c1cnccc1N1CCC1. The molecule has 1 fully saturated rings. The second-order valence-electron chi connectivity index (χ2n) is 3.15. The Morgan fingerprint density at radius 1 is 1.54 bits per heavy atom. The Bertz CT molecular complexity index is 330. The molecule has 1 saturated heterocycles. The number of hydrogen-bond donors (Lipinski definition) is 2. The third-order valence-corrected chi connectivity index (χ3v) is 2.28. The van der Waals surface area contributed by atoms with Crippen LogP contribution in [-0.4, -0.2) is 23.9 Å². The van der Waals surface area contributed by atoms with Crippen molar-refractivity contribution in [2.75, 3.05) is 18.0 Å². The quantitative estimate of drug-likeness (QED) is 0.511. The lowest BCUT2D eigenvalue weighted by atomic mass is 10.1. The highest BCUT2D eigenvalue weighted by Gasteiger charge is 2.18. The Morgan fingerprint density at radius 2 is 2.31 bits per heavy atom. The van der Waals surface area contributed by atoms with E-state index in [1.807, 2.05) is 6.07 Å². The predicted octanol–water partition coefficient (Wildman–Crippen LogP) is 0.576. The van der Waals surface area contributed by atoms with Crippen LogP contribution in [0.25, 0.3) is 0 Å². The number of nitrogens with zero attached hydrogens (tertiary/aromatic N) is 2. The molecule has 2 heterocycles. The van der Waals surface area contributed by atoms with Crippen molar-refractivity contribution in [3.63, 3.8) is 0 Å². The van der Waals surface area contributed by atoms with Gasteiger partial charge in [-0.05, 0) is 12.5 Å². The predicted molar refractivity (Wildman–Crippen MR) is 52.1 cm³/mol. The minimum absolute atomic E-state index is 0.0926. The van der Waals surface area contributed by atoms with Crippen LogP contribution in [0.4, 0.5) is 5.69 Å². The number of pyridine rings is 1. The second kappa shape index (κ2) is 3.05. The average molecular weight is 176 g/mol. The van der Waals surface area contributed by atoms with E-state index in [2.05, 4.69) is 9.88 Å². The summed E-state index contributed by atoms with van der Waals surface area (Å²) < 4.78 is 0. The zero-order valence-corrected chi connectivity index (χ0v) is 7.33. The summed E-state index contributed by atoms with van der Waals surface area (Å²) in [7, 11) is 0. The lowest BCUT2D eigenvalue weighted by Gasteiger charge is -2.34. The van der Waals surface area contributed by atoms with Gasteiger partial charge in [0.2, 0.25) is 0 Å². The largest absolute Gasteiger partial charge is 0.384 e. The van der Waals surface area contributed by atoms with Gasteiger partial charge in [-0.3, -0.25) is 10.4 Å². The Hall–Kier alpha value is -1.58. The molecule has 0 saturated carbocycles.